The molecule has 0 spiro atoms. The molecule has 0 saturated heterocycles. The van der Waals surface area contributed by atoms with Crippen LogP contribution in [0.25, 0.3) is 11.3 Å². The molecule has 0 aliphatic carbocycles. The molecular weight excluding hydrogens is 429 g/mol. The minimum atomic E-state index is -0.604. The van der Waals surface area contributed by atoms with Gasteiger partial charge in [0.05, 0.1) is 23.5 Å². The predicted molar refractivity (Wildman–Crippen MR) is 107 cm³/mol. The fourth-order valence-corrected chi connectivity index (χ4v) is 2.92. The molecule has 28 heavy (non-hydrogen) atoms. The van der Waals surface area contributed by atoms with Crippen LogP contribution in [0.4, 0.5) is 10.3 Å². The van der Waals surface area contributed by atoms with E-state index >= 15 is 0 Å². The van der Waals surface area contributed by atoms with Crippen LogP contribution in [0.3, 0.4) is 0 Å². The highest BCUT2D eigenvalue weighted by atomic mass is 79.9. The SMILES string of the molecule is COc1cc(F)c(C=NNc2nc(-c3ccccc3)c(C#N)c(=O)[nH]2)cc1Br. The van der Waals surface area contributed by atoms with Crippen molar-refractivity contribution < 1.29 is 9.13 Å². The van der Waals surface area contributed by atoms with Gasteiger partial charge in [-0.05, 0) is 22.0 Å². The molecule has 1 heterocycles. The fraction of sp³-hybridized carbons (Fsp3) is 0.0526. The van der Waals surface area contributed by atoms with Gasteiger partial charge in [-0.25, -0.2) is 14.8 Å². The average molecular weight is 442 g/mol. The van der Waals surface area contributed by atoms with Crippen LogP contribution in [-0.2, 0) is 0 Å². The van der Waals surface area contributed by atoms with Crippen molar-refractivity contribution in [2.75, 3.05) is 12.5 Å². The molecule has 0 fully saturated rings. The van der Waals surface area contributed by atoms with Crippen LogP contribution < -0.4 is 15.7 Å². The van der Waals surface area contributed by atoms with E-state index in [1.54, 1.807) is 24.3 Å². The lowest BCUT2D eigenvalue weighted by Crippen LogP contribution is -2.16. The first kappa shape index (κ1) is 19.3. The van der Waals surface area contributed by atoms with Gasteiger partial charge in [0.1, 0.15) is 23.2 Å². The standard InChI is InChI=1S/C19H13BrFN5O2/c1-28-16-8-15(21)12(7-14(16)20)10-23-26-19-24-17(11-5-3-2-4-6-11)13(9-22)18(27)25-19/h2-8,10H,1H3,(H2,24,25,26,27). The van der Waals surface area contributed by atoms with Crippen LogP contribution in [0.1, 0.15) is 11.1 Å². The van der Waals surface area contributed by atoms with E-state index < -0.39 is 11.4 Å². The number of methoxy groups -OCH3 is 1. The Bertz CT molecular complexity index is 1140. The van der Waals surface area contributed by atoms with E-state index in [4.69, 9.17) is 4.74 Å². The van der Waals surface area contributed by atoms with E-state index in [1.165, 1.54) is 25.5 Å². The third kappa shape index (κ3) is 4.07. The number of rotatable bonds is 5. The summed E-state index contributed by atoms with van der Waals surface area (Å²) < 4.78 is 19.6. The van der Waals surface area contributed by atoms with Crippen molar-refractivity contribution in [1.29, 1.82) is 5.26 Å². The fourth-order valence-electron chi connectivity index (χ4n) is 2.40. The van der Waals surface area contributed by atoms with Gasteiger partial charge in [-0.3, -0.25) is 9.78 Å². The summed E-state index contributed by atoms with van der Waals surface area (Å²) >= 11 is 3.27. The van der Waals surface area contributed by atoms with Gasteiger partial charge >= 0.3 is 0 Å². The van der Waals surface area contributed by atoms with Gasteiger partial charge in [0.25, 0.3) is 5.56 Å². The zero-order chi connectivity index (χ0) is 20.1. The van der Waals surface area contributed by atoms with Gasteiger partial charge in [0.2, 0.25) is 5.95 Å². The van der Waals surface area contributed by atoms with Gasteiger partial charge in [-0.2, -0.15) is 10.4 Å². The highest BCUT2D eigenvalue weighted by Crippen LogP contribution is 2.27. The van der Waals surface area contributed by atoms with E-state index in [-0.39, 0.29) is 22.8 Å². The first-order chi connectivity index (χ1) is 13.5. The van der Waals surface area contributed by atoms with Crippen LogP contribution in [0.5, 0.6) is 5.75 Å². The molecule has 0 bridgehead atoms. The minimum Gasteiger partial charge on any atom is -0.495 e. The largest absolute Gasteiger partial charge is 0.495 e. The molecular formula is C19H13BrFN5O2. The zero-order valence-electron chi connectivity index (χ0n) is 14.5. The number of nitrogens with one attached hydrogen (secondary N) is 2. The van der Waals surface area contributed by atoms with Gasteiger partial charge in [0.15, 0.2) is 0 Å². The number of H-pyrrole nitrogens is 1. The molecule has 1 aromatic heterocycles. The van der Waals surface area contributed by atoms with E-state index in [1.807, 2.05) is 12.1 Å². The van der Waals surface area contributed by atoms with Gasteiger partial charge < -0.3 is 4.74 Å². The Morgan fingerprint density at radius 1 is 1.36 bits per heavy atom. The van der Waals surface area contributed by atoms with Crippen molar-refractivity contribution >= 4 is 28.1 Å². The molecule has 0 atom stereocenters. The summed E-state index contributed by atoms with van der Waals surface area (Å²) in [7, 11) is 1.44. The lowest BCUT2D eigenvalue weighted by atomic mass is 10.1. The van der Waals surface area contributed by atoms with Crippen molar-refractivity contribution in [3.8, 4) is 23.1 Å². The normalized spacial score (nSPS) is 10.6. The van der Waals surface area contributed by atoms with Crippen molar-refractivity contribution in [1.82, 2.24) is 9.97 Å². The first-order valence-corrected chi connectivity index (χ1v) is 8.74. The van der Waals surface area contributed by atoms with Crippen LogP contribution in [0.15, 0.2) is 56.8 Å². The summed E-state index contributed by atoms with van der Waals surface area (Å²) in [5.74, 6) is -0.155. The Labute approximate surface area is 167 Å². The molecule has 0 aliphatic heterocycles. The summed E-state index contributed by atoms with van der Waals surface area (Å²) in [4.78, 5) is 18.9. The second-order valence-corrected chi connectivity index (χ2v) is 6.35. The Balaban J connectivity index is 1.91. The van der Waals surface area contributed by atoms with E-state index in [2.05, 4.69) is 36.4 Å². The Morgan fingerprint density at radius 3 is 2.79 bits per heavy atom. The van der Waals surface area contributed by atoms with Crippen LogP contribution in [0, 0.1) is 17.1 Å². The van der Waals surface area contributed by atoms with E-state index in [9.17, 15) is 14.4 Å². The monoisotopic (exact) mass is 441 g/mol. The maximum absolute atomic E-state index is 14.1. The third-order valence-corrected chi connectivity index (χ3v) is 4.34. The van der Waals surface area contributed by atoms with Crippen LogP contribution in [-0.4, -0.2) is 23.3 Å². The predicted octanol–water partition coefficient (Wildman–Crippen LogP) is 3.66. The molecule has 2 N–H and O–H groups in total. The number of halogens is 2. The molecule has 7 nitrogen and oxygen atoms in total. The number of nitrogens with zero attached hydrogens (tertiary/aromatic N) is 3. The maximum Gasteiger partial charge on any atom is 0.270 e. The number of ether oxygens (including phenoxy) is 1. The third-order valence-electron chi connectivity index (χ3n) is 3.72. The smallest absolute Gasteiger partial charge is 0.270 e. The second kappa shape index (κ2) is 8.45. The van der Waals surface area contributed by atoms with Crippen molar-refractivity contribution in [3.05, 3.63) is 74.2 Å². The highest BCUT2D eigenvalue weighted by Gasteiger charge is 2.13. The van der Waals surface area contributed by atoms with Crippen molar-refractivity contribution in [2.45, 2.75) is 0 Å². The average Bonchev–Trinajstić information content (AvgIpc) is 2.70. The molecule has 0 radical (unpaired) electrons. The molecule has 3 rings (SSSR count). The Kier molecular flexibility index (Phi) is 5.81. The quantitative estimate of drug-likeness (QED) is 0.464. The first-order valence-electron chi connectivity index (χ1n) is 7.95. The van der Waals surface area contributed by atoms with Crippen molar-refractivity contribution in [2.24, 2.45) is 5.10 Å². The number of hydrazone groups is 1. The van der Waals surface area contributed by atoms with Crippen LogP contribution >= 0.6 is 15.9 Å². The zero-order valence-corrected chi connectivity index (χ0v) is 16.1. The number of hydrogen-bond donors (Lipinski definition) is 2. The number of aromatic amines is 1. The number of aromatic nitrogens is 2. The molecule has 0 aliphatic rings. The molecule has 0 saturated carbocycles. The number of anilines is 1. The minimum absolute atomic E-state index is 0.0205. The maximum atomic E-state index is 14.1. The number of hydrogen-bond acceptors (Lipinski definition) is 6. The van der Waals surface area contributed by atoms with Crippen LogP contribution in [0.2, 0.25) is 0 Å². The van der Waals surface area contributed by atoms with E-state index in [0.717, 1.165) is 0 Å². The molecule has 140 valence electrons. The van der Waals surface area contributed by atoms with Gasteiger partial charge in [0, 0.05) is 17.2 Å². The van der Waals surface area contributed by atoms with E-state index in [0.29, 0.717) is 15.8 Å². The summed E-state index contributed by atoms with van der Waals surface area (Å²) in [5, 5.41) is 13.2. The lowest BCUT2D eigenvalue weighted by Gasteiger charge is -2.06. The van der Waals surface area contributed by atoms with Crippen molar-refractivity contribution in [3.63, 3.8) is 0 Å². The summed E-state index contributed by atoms with van der Waals surface area (Å²) in [5.41, 5.74) is 2.87. The van der Waals surface area contributed by atoms with Gasteiger partial charge in [-0.15, -0.1) is 0 Å². The number of benzene rings is 2. The Hall–Kier alpha value is -3.51. The molecule has 2 aromatic carbocycles. The molecule has 9 heteroatoms. The summed E-state index contributed by atoms with van der Waals surface area (Å²) in [6.45, 7) is 0. The number of nitriles is 1. The van der Waals surface area contributed by atoms with Gasteiger partial charge in [-0.1, -0.05) is 30.3 Å². The lowest BCUT2D eigenvalue weighted by molar-refractivity contribution is 0.408. The second-order valence-electron chi connectivity index (χ2n) is 5.49. The summed E-state index contributed by atoms with van der Waals surface area (Å²) in [6.07, 6.45) is 1.24. The highest BCUT2D eigenvalue weighted by molar-refractivity contribution is 9.10. The Morgan fingerprint density at radius 2 is 2.11 bits per heavy atom. The summed E-state index contributed by atoms with van der Waals surface area (Å²) in [6, 6.07) is 13.4. The molecule has 3 aromatic rings. The molecule has 0 unspecified atom stereocenters. The topological polar surface area (TPSA) is 103 Å². The molecule has 0 amide bonds.